The minimum Gasteiger partial charge on any atom is -0.392 e. The van der Waals surface area contributed by atoms with Crippen LogP contribution in [0.5, 0.6) is 0 Å². The normalized spacial score (nSPS) is 15.7. The first-order valence-electron chi connectivity index (χ1n) is 8.87. The zero-order valence-electron chi connectivity index (χ0n) is 15.2. The van der Waals surface area contributed by atoms with Gasteiger partial charge in [-0.3, -0.25) is 4.79 Å². The second kappa shape index (κ2) is 7.24. The van der Waals surface area contributed by atoms with E-state index in [1.807, 2.05) is 12.1 Å². The molecular formula is C19H21ClN4O2S. The van der Waals surface area contributed by atoms with E-state index in [0.29, 0.717) is 28.6 Å². The number of aromatic nitrogens is 2. The number of aliphatic hydroxyl groups is 1. The van der Waals surface area contributed by atoms with Crippen LogP contribution in [0.3, 0.4) is 0 Å². The van der Waals surface area contributed by atoms with Gasteiger partial charge < -0.3 is 15.3 Å². The molecule has 1 atom stereocenters. The molecule has 4 rings (SSSR count). The molecule has 0 saturated heterocycles. The van der Waals surface area contributed by atoms with Crippen LogP contribution in [0.4, 0.5) is 5.95 Å². The molecule has 0 bridgehead atoms. The second-order valence-electron chi connectivity index (χ2n) is 6.96. The topological polar surface area (TPSA) is 70.4 Å². The minimum absolute atomic E-state index is 0.0996. The summed E-state index contributed by atoms with van der Waals surface area (Å²) < 4.78 is 1.56. The zero-order valence-corrected chi connectivity index (χ0v) is 16.8. The van der Waals surface area contributed by atoms with Gasteiger partial charge in [-0.15, -0.1) is 11.3 Å². The molecule has 2 N–H and O–H groups in total. The summed E-state index contributed by atoms with van der Waals surface area (Å²) in [4.78, 5) is 22.4. The summed E-state index contributed by atoms with van der Waals surface area (Å²) in [6, 6.07) is 7.16. The maximum Gasteiger partial charge on any atom is 0.268 e. The summed E-state index contributed by atoms with van der Waals surface area (Å²) in [5.41, 5.74) is 1.67. The molecule has 3 heterocycles. The van der Waals surface area contributed by atoms with Crippen molar-refractivity contribution >= 4 is 39.1 Å². The van der Waals surface area contributed by atoms with Gasteiger partial charge >= 0.3 is 0 Å². The molecule has 0 unspecified atom stereocenters. The first-order chi connectivity index (χ1) is 12.9. The summed E-state index contributed by atoms with van der Waals surface area (Å²) in [6.45, 7) is 3.75. The monoisotopic (exact) mass is 404 g/mol. The third-order valence-electron chi connectivity index (χ3n) is 4.69. The number of nitrogens with one attached hydrogen (secondary N) is 1. The van der Waals surface area contributed by atoms with E-state index < -0.39 is 6.10 Å². The zero-order chi connectivity index (χ0) is 19.1. The van der Waals surface area contributed by atoms with Crippen molar-refractivity contribution in [2.75, 3.05) is 25.5 Å². The van der Waals surface area contributed by atoms with Crippen LogP contribution in [0.1, 0.15) is 17.4 Å². The third-order valence-corrected chi connectivity index (χ3v) is 6.03. The van der Waals surface area contributed by atoms with Crippen LogP contribution in [0.2, 0.25) is 5.02 Å². The number of anilines is 1. The molecule has 1 aliphatic rings. The summed E-state index contributed by atoms with van der Waals surface area (Å²) in [5.74, 6) is 0.419. The molecule has 0 fully saturated rings. The van der Waals surface area contributed by atoms with Crippen LogP contribution in [0, 0.1) is 0 Å². The fourth-order valence-corrected chi connectivity index (χ4v) is 4.86. The van der Waals surface area contributed by atoms with Crippen molar-refractivity contribution in [3.05, 3.63) is 50.1 Å². The Morgan fingerprint density at radius 3 is 3.00 bits per heavy atom. The third kappa shape index (κ3) is 3.48. The van der Waals surface area contributed by atoms with Gasteiger partial charge in [0.1, 0.15) is 4.83 Å². The average molecular weight is 405 g/mol. The molecular weight excluding hydrogens is 384 g/mol. The number of rotatable bonds is 4. The van der Waals surface area contributed by atoms with Gasteiger partial charge in [-0.1, -0.05) is 17.7 Å². The van der Waals surface area contributed by atoms with Gasteiger partial charge in [0.15, 0.2) is 0 Å². The van der Waals surface area contributed by atoms with Crippen LogP contribution in [0.25, 0.3) is 15.9 Å². The van der Waals surface area contributed by atoms with Gasteiger partial charge in [-0.2, -0.15) is 0 Å². The van der Waals surface area contributed by atoms with E-state index in [1.165, 1.54) is 4.88 Å². The van der Waals surface area contributed by atoms with Gasteiger partial charge in [0.2, 0.25) is 5.95 Å². The van der Waals surface area contributed by atoms with Crippen molar-refractivity contribution in [2.24, 2.45) is 0 Å². The van der Waals surface area contributed by atoms with Crippen LogP contribution < -0.4 is 10.9 Å². The Balaban J connectivity index is 1.96. The summed E-state index contributed by atoms with van der Waals surface area (Å²) >= 11 is 7.73. The van der Waals surface area contributed by atoms with Crippen molar-refractivity contribution in [3.63, 3.8) is 0 Å². The van der Waals surface area contributed by atoms with Crippen molar-refractivity contribution in [1.82, 2.24) is 14.5 Å². The maximum absolute atomic E-state index is 13.5. The lowest BCUT2D eigenvalue weighted by atomic mass is 10.1. The van der Waals surface area contributed by atoms with Crippen molar-refractivity contribution in [3.8, 4) is 5.69 Å². The Morgan fingerprint density at radius 2 is 2.26 bits per heavy atom. The van der Waals surface area contributed by atoms with Gasteiger partial charge in [-0.25, -0.2) is 9.55 Å². The Bertz CT molecular complexity index is 1060. The summed E-state index contributed by atoms with van der Waals surface area (Å²) in [5, 5.41) is 14.0. The van der Waals surface area contributed by atoms with Crippen LogP contribution >= 0.6 is 22.9 Å². The molecule has 27 heavy (non-hydrogen) atoms. The standard InChI is InChI=1S/C19H21ClN4O2S/c1-11(25)9-21-19-22-17-16(14-6-7-23(2)10-15(14)27-17)18(26)24(19)13-5-3-4-12(20)8-13/h3-5,8,11,25H,6-7,9-10H2,1-2H3,(H,21,22)/t11-/m0/s1. The number of likely N-dealkylation sites (N-methyl/N-ethyl adjacent to an activating group) is 1. The molecule has 0 amide bonds. The molecule has 0 saturated carbocycles. The van der Waals surface area contributed by atoms with Crippen molar-refractivity contribution in [1.29, 1.82) is 0 Å². The molecule has 8 heteroatoms. The summed E-state index contributed by atoms with van der Waals surface area (Å²) in [6.07, 6.45) is 0.286. The Labute approximate surface area is 166 Å². The molecule has 0 radical (unpaired) electrons. The highest BCUT2D eigenvalue weighted by atomic mass is 35.5. The summed E-state index contributed by atoms with van der Waals surface area (Å²) in [7, 11) is 2.08. The Morgan fingerprint density at radius 1 is 1.44 bits per heavy atom. The highest BCUT2D eigenvalue weighted by molar-refractivity contribution is 7.18. The fourth-order valence-electron chi connectivity index (χ4n) is 3.38. The highest BCUT2D eigenvalue weighted by Gasteiger charge is 2.24. The number of thiophene rings is 1. The number of fused-ring (bicyclic) bond motifs is 3. The van der Waals surface area contributed by atoms with Gasteiger partial charge in [0.25, 0.3) is 5.56 Å². The quantitative estimate of drug-likeness (QED) is 0.699. The van der Waals surface area contributed by atoms with Gasteiger partial charge in [0.05, 0.1) is 17.2 Å². The SMILES string of the molecule is C[C@H](O)CNc1nc2sc3c(c2c(=O)n1-c1cccc(Cl)c1)CCN(C)C3. The lowest BCUT2D eigenvalue weighted by Gasteiger charge is -2.22. The molecule has 6 nitrogen and oxygen atoms in total. The molecule has 1 aromatic carbocycles. The van der Waals surface area contributed by atoms with E-state index in [4.69, 9.17) is 16.6 Å². The van der Waals surface area contributed by atoms with Crippen molar-refractivity contribution < 1.29 is 5.11 Å². The largest absolute Gasteiger partial charge is 0.392 e. The van der Waals surface area contributed by atoms with Gasteiger partial charge in [0, 0.05) is 29.5 Å². The predicted molar refractivity (Wildman–Crippen MR) is 110 cm³/mol. The van der Waals surface area contributed by atoms with Crippen LogP contribution in [-0.2, 0) is 13.0 Å². The molecule has 142 valence electrons. The predicted octanol–water partition coefficient (Wildman–Crippen LogP) is 2.88. The first-order valence-corrected chi connectivity index (χ1v) is 10.1. The van der Waals surface area contributed by atoms with E-state index in [1.54, 1.807) is 35.0 Å². The molecule has 1 aliphatic heterocycles. The van der Waals surface area contributed by atoms with E-state index in [2.05, 4.69) is 17.3 Å². The van der Waals surface area contributed by atoms with Crippen molar-refractivity contribution in [2.45, 2.75) is 26.0 Å². The Kier molecular flexibility index (Phi) is 4.94. The van der Waals surface area contributed by atoms with Crippen LogP contribution in [-0.4, -0.2) is 45.8 Å². The molecule has 2 aromatic heterocycles. The van der Waals surface area contributed by atoms with E-state index in [0.717, 1.165) is 29.9 Å². The fraction of sp³-hybridized carbons (Fsp3) is 0.368. The number of halogens is 1. The van der Waals surface area contributed by atoms with E-state index in [9.17, 15) is 9.90 Å². The maximum atomic E-state index is 13.5. The smallest absolute Gasteiger partial charge is 0.268 e. The first kappa shape index (κ1) is 18.4. The number of hydrogen-bond donors (Lipinski definition) is 2. The average Bonchev–Trinajstić information content (AvgIpc) is 2.97. The minimum atomic E-state index is -0.560. The number of hydrogen-bond acceptors (Lipinski definition) is 6. The van der Waals surface area contributed by atoms with E-state index in [-0.39, 0.29) is 5.56 Å². The lowest BCUT2D eigenvalue weighted by Crippen LogP contribution is -2.28. The second-order valence-corrected chi connectivity index (χ2v) is 8.48. The number of nitrogens with zero attached hydrogens (tertiary/aromatic N) is 3. The molecule has 0 aliphatic carbocycles. The lowest BCUT2D eigenvalue weighted by molar-refractivity contribution is 0.208. The molecule has 3 aromatic rings. The number of aliphatic hydroxyl groups excluding tert-OH is 1. The van der Waals surface area contributed by atoms with E-state index >= 15 is 0 Å². The number of benzene rings is 1. The van der Waals surface area contributed by atoms with Crippen LogP contribution in [0.15, 0.2) is 29.1 Å². The van der Waals surface area contributed by atoms with Gasteiger partial charge in [-0.05, 0) is 44.2 Å². The highest BCUT2D eigenvalue weighted by Crippen LogP contribution is 2.33. The Hall–Kier alpha value is -1.93. The molecule has 0 spiro atoms.